The molecule has 0 bridgehead atoms. The zero-order chi connectivity index (χ0) is 16.0. The fourth-order valence-electron chi connectivity index (χ4n) is 3.58. The van der Waals surface area contributed by atoms with Crippen molar-refractivity contribution in [2.24, 2.45) is 13.0 Å². The molecule has 3 aromatic rings. The number of nitrogens with zero attached hydrogens (tertiary/aromatic N) is 5. The van der Waals surface area contributed by atoms with Gasteiger partial charge < -0.3 is 0 Å². The van der Waals surface area contributed by atoms with Gasteiger partial charge in [-0.05, 0) is 36.8 Å². The highest BCUT2D eigenvalue weighted by atomic mass is 32.1. The fraction of sp³-hybridized carbons (Fsp3) is 0.562. The summed E-state index contributed by atoms with van der Waals surface area (Å²) in [5, 5.41) is 10.6. The van der Waals surface area contributed by atoms with E-state index in [1.807, 2.05) is 15.8 Å². The first kappa shape index (κ1) is 14.8. The number of hydrogen-bond donors (Lipinski definition) is 0. The fourth-order valence-corrected chi connectivity index (χ4v) is 4.43. The molecule has 122 valence electrons. The van der Waals surface area contributed by atoms with Crippen molar-refractivity contribution < 1.29 is 0 Å². The Morgan fingerprint density at radius 2 is 2.26 bits per heavy atom. The van der Waals surface area contributed by atoms with E-state index < -0.39 is 0 Å². The third-order valence-electron chi connectivity index (χ3n) is 4.94. The molecule has 1 aliphatic rings. The Morgan fingerprint density at radius 3 is 3.09 bits per heavy atom. The minimum atomic E-state index is 0.00506. The van der Waals surface area contributed by atoms with Crippen LogP contribution in [0.3, 0.4) is 0 Å². The lowest BCUT2D eigenvalue weighted by molar-refractivity contribution is 0.161. The summed E-state index contributed by atoms with van der Waals surface area (Å²) in [5.41, 5.74) is 0.933. The summed E-state index contributed by atoms with van der Waals surface area (Å²) in [5.74, 6) is 2.34. The van der Waals surface area contributed by atoms with Gasteiger partial charge in [0.2, 0.25) is 5.78 Å². The molecule has 0 spiro atoms. The van der Waals surface area contributed by atoms with Gasteiger partial charge in [0.15, 0.2) is 5.82 Å². The van der Waals surface area contributed by atoms with Crippen molar-refractivity contribution in [3.8, 4) is 0 Å². The second kappa shape index (κ2) is 5.72. The van der Waals surface area contributed by atoms with E-state index in [2.05, 4.69) is 22.0 Å². The first-order valence-electron chi connectivity index (χ1n) is 8.21. The molecule has 1 fully saturated rings. The van der Waals surface area contributed by atoms with Crippen LogP contribution in [0.5, 0.6) is 0 Å². The minimum absolute atomic E-state index is 0.00506. The topological polar surface area (TPSA) is 55.4 Å². The zero-order valence-electron chi connectivity index (χ0n) is 13.5. The Hall–Kier alpha value is -1.73. The van der Waals surface area contributed by atoms with Crippen LogP contribution in [0.1, 0.15) is 32.0 Å². The Kier molecular flexibility index (Phi) is 3.69. The molecule has 0 amide bonds. The average Bonchev–Trinajstić information content (AvgIpc) is 3.19. The van der Waals surface area contributed by atoms with Crippen molar-refractivity contribution in [2.75, 3.05) is 13.1 Å². The molecule has 7 heteroatoms. The lowest BCUT2D eigenvalue weighted by Gasteiger charge is -2.31. The van der Waals surface area contributed by atoms with Crippen molar-refractivity contribution in [2.45, 2.75) is 32.7 Å². The van der Waals surface area contributed by atoms with Gasteiger partial charge in [-0.15, -0.1) is 21.5 Å². The van der Waals surface area contributed by atoms with Gasteiger partial charge >= 0.3 is 0 Å². The molecule has 0 saturated carbocycles. The van der Waals surface area contributed by atoms with Crippen molar-refractivity contribution in [1.29, 1.82) is 0 Å². The number of aryl methyl sites for hydroxylation is 1. The summed E-state index contributed by atoms with van der Waals surface area (Å²) < 4.78 is 4.41. The third kappa shape index (κ3) is 2.38. The molecule has 4 heterocycles. The zero-order valence-corrected chi connectivity index (χ0v) is 14.3. The molecular weight excluding hydrogens is 310 g/mol. The molecule has 1 atom stereocenters. The van der Waals surface area contributed by atoms with Crippen LogP contribution in [-0.4, -0.2) is 37.2 Å². The molecule has 0 radical (unpaired) electrons. The van der Waals surface area contributed by atoms with Crippen molar-refractivity contribution in [1.82, 2.24) is 24.1 Å². The van der Waals surface area contributed by atoms with Crippen LogP contribution in [0, 0.1) is 5.92 Å². The van der Waals surface area contributed by atoms with E-state index in [9.17, 15) is 4.79 Å². The van der Waals surface area contributed by atoms with Gasteiger partial charge in [-0.1, -0.05) is 13.3 Å². The highest BCUT2D eigenvalue weighted by molar-refractivity contribution is 7.17. The van der Waals surface area contributed by atoms with E-state index in [0.29, 0.717) is 5.78 Å². The number of aromatic nitrogens is 4. The maximum Gasteiger partial charge on any atom is 0.272 e. The van der Waals surface area contributed by atoms with Gasteiger partial charge in [-0.3, -0.25) is 18.7 Å². The molecule has 0 aromatic carbocycles. The van der Waals surface area contributed by atoms with E-state index in [-0.39, 0.29) is 5.56 Å². The summed E-state index contributed by atoms with van der Waals surface area (Å²) >= 11 is 1.48. The van der Waals surface area contributed by atoms with Crippen LogP contribution < -0.4 is 5.56 Å². The van der Waals surface area contributed by atoms with Gasteiger partial charge in [0.05, 0.1) is 12.1 Å². The molecule has 1 aliphatic heterocycles. The molecule has 0 N–H and O–H groups in total. The summed E-state index contributed by atoms with van der Waals surface area (Å²) in [6.45, 7) is 5.31. The second-order valence-corrected chi connectivity index (χ2v) is 7.32. The van der Waals surface area contributed by atoms with Crippen LogP contribution in [-0.2, 0) is 13.6 Å². The molecule has 23 heavy (non-hydrogen) atoms. The van der Waals surface area contributed by atoms with Crippen LogP contribution in [0.2, 0.25) is 0 Å². The predicted octanol–water partition coefficient (Wildman–Crippen LogP) is 2.26. The van der Waals surface area contributed by atoms with E-state index in [0.717, 1.165) is 41.6 Å². The monoisotopic (exact) mass is 331 g/mol. The molecule has 0 aliphatic carbocycles. The maximum atomic E-state index is 12.4. The average molecular weight is 331 g/mol. The first-order chi connectivity index (χ1) is 11.2. The Balaban J connectivity index is 1.78. The molecular formula is C16H21N5OS. The first-order valence-corrected chi connectivity index (χ1v) is 9.09. The lowest BCUT2D eigenvalue weighted by Crippen LogP contribution is -2.35. The van der Waals surface area contributed by atoms with Gasteiger partial charge in [0, 0.05) is 13.6 Å². The second-order valence-electron chi connectivity index (χ2n) is 6.40. The Morgan fingerprint density at radius 1 is 1.39 bits per heavy atom. The normalized spacial score (nSPS) is 19.8. The van der Waals surface area contributed by atoms with Gasteiger partial charge in [0.1, 0.15) is 4.70 Å². The molecule has 6 nitrogen and oxygen atoms in total. The van der Waals surface area contributed by atoms with Crippen LogP contribution in [0.15, 0.2) is 16.2 Å². The predicted molar refractivity (Wildman–Crippen MR) is 91.9 cm³/mol. The number of likely N-dealkylation sites (tertiary alicyclic amines) is 1. The number of fused-ring (bicyclic) bond motifs is 3. The molecule has 1 unspecified atom stereocenters. The van der Waals surface area contributed by atoms with Crippen molar-refractivity contribution >= 4 is 27.3 Å². The van der Waals surface area contributed by atoms with Crippen LogP contribution in [0.4, 0.5) is 0 Å². The quantitative estimate of drug-likeness (QED) is 0.739. The molecule has 3 aromatic heterocycles. The number of thiophene rings is 1. The lowest BCUT2D eigenvalue weighted by atomic mass is 9.96. The van der Waals surface area contributed by atoms with Crippen molar-refractivity contribution in [3.63, 3.8) is 0 Å². The number of rotatable bonds is 3. The largest absolute Gasteiger partial charge is 0.296 e. The molecule has 1 saturated heterocycles. The highest BCUT2D eigenvalue weighted by Gasteiger charge is 2.22. The number of piperidine rings is 1. The maximum absolute atomic E-state index is 12.4. The van der Waals surface area contributed by atoms with E-state index in [1.165, 1.54) is 30.6 Å². The standard InChI is InChI=1S/C16H21N5OS/c1-3-11-5-4-7-20(9-11)10-13-17-18-16-19(2)15(22)14-12(21(13)16)6-8-23-14/h6,8,11H,3-5,7,9-10H2,1-2H3. The molecule has 4 rings (SSSR count). The summed E-state index contributed by atoms with van der Waals surface area (Å²) in [7, 11) is 1.77. The summed E-state index contributed by atoms with van der Waals surface area (Å²) in [6.07, 6.45) is 3.82. The van der Waals surface area contributed by atoms with Crippen molar-refractivity contribution in [3.05, 3.63) is 27.6 Å². The summed E-state index contributed by atoms with van der Waals surface area (Å²) in [6, 6.07) is 1.99. The van der Waals surface area contributed by atoms with E-state index in [1.54, 1.807) is 11.6 Å². The third-order valence-corrected chi connectivity index (χ3v) is 5.83. The van der Waals surface area contributed by atoms with Gasteiger partial charge in [-0.25, -0.2) is 0 Å². The van der Waals surface area contributed by atoms with Crippen LogP contribution >= 0.6 is 11.3 Å². The highest BCUT2D eigenvalue weighted by Crippen LogP contribution is 2.23. The van der Waals surface area contributed by atoms with Gasteiger partial charge in [0.25, 0.3) is 5.56 Å². The SMILES string of the molecule is CCC1CCCN(Cc2nnc3n(C)c(=O)c4sccc4n23)C1. The minimum Gasteiger partial charge on any atom is -0.296 e. The van der Waals surface area contributed by atoms with Gasteiger partial charge in [-0.2, -0.15) is 0 Å². The van der Waals surface area contributed by atoms with E-state index in [4.69, 9.17) is 0 Å². The Labute approximate surface area is 138 Å². The number of hydrogen-bond acceptors (Lipinski definition) is 5. The smallest absolute Gasteiger partial charge is 0.272 e. The summed E-state index contributed by atoms with van der Waals surface area (Å²) in [4.78, 5) is 14.8. The van der Waals surface area contributed by atoms with E-state index >= 15 is 0 Å². The Bertz CT molecular complexity index is 908. The van der Waals surface area contributed by atoms with Crippen LogP contribution in [0.25, 0.3) is 16.0 Å².